The van der Waals surface area contributed by atoms with Gasteiger partial charge in [-0.05, 0) is 0 Å². The number of carbonyl (C=O) groups is 1. The van der Waals surface area contributed by atoms with Crippen molar-refractivity contribution in [3.8, 4) is 0 Å². The third-order valence-corrected chi connectivity index (χ3v) is 0.243. The fourth-order valence-corrected chi connectivity index (χ4v) is 0. The molecule has 0 aromatic rings. The zero-order valence-corrected chi connectivity index (χ0v) is 3.49. The number of carboxylic acid groups (broad SMARTS) is 1. The first-order valence-corrected chi connectivity index (χ1v) is 1.24. The SMILES string of the molecule is O=C(O)C(F)(F)F.[C]. The second-order valence-corrected chi connectivity index (χ2v) is 0.803. The molecule has 2 nitrogen and oxygen atoms in total. The second kappa shape index (κ2) is 2.54. The Labute approximate surface area is 43.9 Å². The molecule has 0 spiro atoms. The molecule has 0 aliphatic carbocycles. The van der Waals surface area contributed by atoms with Gasteiger partial charge in [0.2, 0.25) is 0 Å². The van der Waals surface area contributed by atoms with E-state index in [2.05, 4.69) is 0 Å². The van der Waals surface area contributed by atoms with Crippen molar-refractivity contribution in [1.29, 1.82) is 0 Å². The van der Waals surface area contributed by atoms with Crippen LogP contribution in [0.3, 0.4) is 0 Å². The average Bonchev–Trinajstić information content (AvgIpc) is 1.31. The first-order valence-electron chi connectivity index (χ1n) is 1.24. The van der Waals surface area contributed by atoms with Crippen LogP contribution in [0.25, 0.3) is 0 Å². The molecule has 0 saturated heterocycles. The molecule has 0 saturated carbocycles. The Bertz CT molecular complexity index is 85.0. The summed E-state index contributed by atoms with van der Waals surface area (Å²) in [7, 11) is 0. The van der Waals surface area contributed by atoms with Gasteiger partial charge in [0.25, 0.3) is 0 Å². The van der Waals surface area contributed by atoms with Crippen LogP contribution in [-0.2, 0) is 4.79 Å². The number of aliphatic carboxylic acids is 1. The van der Waals surface area contributed by atoms with Crippen LogP contribution in [0.1, 0.15) is 0 Å². The van der Waals surface area contributed by atoms with Crippen LogP contribution in [0.2, 0.25) is 0 Å². The molecule has 0 rings (SSSR count). The van der Waals surface area contributed by atoms with E-state index in [1.54, 1.807) is 0 Å². The molecule has 0 aromatic carbocycles. The number of halogens is 3. The quantitative estimate of drug-likeness (QED) is 0.519. The van der Waals surface area contributed by atoms with Crippen molar-refractivity contribution in [3.63, 3.8) is 0 Å². The van der Waals surface area contributed by atoms with E-state index in [1.807, 2.05) is 0 Å². The van der Waals surface area contributed by atoms with Crippen LogP contribution >= 0.6 is 0 Å². The van der Waals surface area contributed by atoms with E-state index >= 15 is 0 Å². The predicted molar refractivity (Wildman–Crippen MR) is 16.9 cm³/mol. The van der Waals surface area contributed by atoms with Crippen molar-refractivity contribution in [2.24, 2.45) is 0 Å². The van der Waals surface area contributed by atoms with Crippen LogP contribution in [0.5, 0.6) is 0 Å². The Hall–Kier alpha value is -0.740. The maximum Gasteiger partial charge on any atom is 0.490 e. The molecule has 0 fully saturated rings. The third-order valence-electron chi connectivity index (χ3n) is 0.243. The number of hydrogen-bond acceptors (Lipinski definition) is 1. The van der Waals surface area contributed by atoms with E-state index in [4.69, 9.17) is 9.90 Å². The first-order chi connectivity index (χ1) is 2.94. The molecule has 0 aromatic heterocycles. The highest BCUT2D eigenvalue weighted by molar-refractivity contribution is 5.73. The van der Waals surface area contributed by atoms with Crippen molar-refractivity contribution in [3.05, 3.63) is 7.43 Å². The summed E-state index contributed by atoms with van der Waals surface area (Å²) in [6.07, 6.45) is -5.08. The molecule has 0 unspecified atom stereocenters. The molecule has 46 valence electrons. The van der Waals surface area contributed by atoms with Crippen LogP contribution in [-0.4, -0.2) is 17.3 Å². The number of carboxylic acids is 1. The van der Waals surface area contributed by atoms with Gasteiger partial charge in [-0.15, -0.1) is 0 Å². The molecule has 8 heavy (non-hydrogen) atoms. The lowest BCUT2D eigenvalue weighted by atomic mass is 10.7. The highest BCUT2D eigenvalue weighted by Gasteiger charge is 2.38. The highest BCUT2D eigenvalue weighted by Crippen LogP contribution is 2.13. The fraction of sp³-hybridized carbons (Fsp3) is 0.333. The second-order valence-electron chi connectivity index (χ2n) is 0.803. The van der Waals surface area contributed by atoms with Crippen molar-refractivity contribution in [1.82, 2.24) is 0 Å². The minimum absolute atomic E-state index is 0. The predicted octanol–water partition coefficient (Wildman–Crippen LogP) is 0.715. The van der Waals surface area contributed by atoms with Gasteiger partial charge in [-0.1, -0.05) is 0 Å². The molecule has 0 heterocycles. The highest BCUT2D eigenvalue weighted by atomic mass is 19.4. The van der Waals surface area contributed by atoms with Crippen molar-refractivity contribution in [2.75, 3.05) is 0 Å². The lowest BCUT2D eigenvalue weighted by molar-refractivity contribution is -0.192. The maximum atomic E-state index is 10.6. The Morgan fingerprint density at radius 3 is 1.50 bits per heavy atom. The van der Waals surface area contributed by atoms with E-state index in [1.165, 1.54) is 0 Å². The van der Waals surface area contributed by atoms with E-state index in [9.17, 15) is 13.2 Å². The smallest absolute Gasteiger partial charge is 0.475 e. The van der Waals surface area contributed by atoms with Crippen LogP contribution < -0.4 is 0 Å². The van der Waals surface area contributed by atoms with Gasteiger partial charge >= 0.3 is 12.1 Å². The van der Waals surface area contributed by atoms with E-state index in [0.29, 0.717) is 0 Å². The molecule has 0 bridgehead atoms. The summed E-state index contributed by atoms with van der Waals surface area (Å²) in [6.45, 7) is 0. The fourth-order valence-electron chi connectivity index (χ4n) is 0. The van der Waals surface area contributed by atoms with Gasteiger partial charge in [0.05, 0.1) is 0 Å². The summed E-state index contributed by atoms with van der Waals surface area (Å²) in [5.74, 6) is -2.76. The Balaban J connectivity index is 0. The lowest BCUT2D eigenvalue weighted by Gasteiger charge is -1.93. The van der Waals surface area contributed by atoms with Crippen LogP contribution in [0.15, 0.2) is 0 Å². The van der Waals surface area contributed by atoms with E-state index in [-0.39, 0.29) is 7.43 Å². The van der Waals surface area contributed by atoms with Gasteiger partial charge in [0.15, 0.2) is 0 Å². The lowest BCUT2D eigenvalue weighted by Crippen LogP contribution is -2.21. The topological polar surface area (TPSA) is 37.3 Å². The van der Waals surface area contributed by atoms with Crippen LogP contribution in [0.4, 0.5) is 13.2 Å². The van der Waals surface area contributed by atoms with Gasteiger partial charge < -0.3 is 5.11 Å². The Kier molecular flexibility index (Phi) is 3.26. The maximum absolute atomic E-state index is 10.6. The summed E-state index contributed by atoms with van der Waals surface area (Å²) >= 11 is 0. The van der Waals surface area contributed by atoms with Crippen molar-refractivity contribution in [2.45, 2.75) is 6.18 Å². The molecule has 0 atom stereocenters. The molecule has 1 N–H and O–H groups in total. The van der Waals surface area contributed by atoms with Crippen LogP contribution in [0, 0.1) is 7.43 Å². The normalized spacial score (nSPS) is 9.88. The Morgan fingerprint density at radius 2 is 1.50 bits per heavy atom. The summed E-state index contributed by atoms with van der Waals surface area (Å²) in [5.41, 5.74) is 0. The number of hydrogen-bond donors (Lipinski definition) is 1. The number of alkyl halides is 3. The summed E-state index contributed by atoms with van der Waals surface area (Å²) in [6, 6.07) is 0. The Morgan fingerprint density at radius 1 is 1.38 bits per heavy atom. The van der Waals surface area contributed by atoms with Crippen molar-refractivity contribution < 1.29 is 23.1 Å². The zero-order valence-electron chi connectivity index (χ0n) is 3.49. The van der Waals surface area contributed by atoms with Gasteiger partial charge in [-0.25, -0.2) is 4.79 Å². The molecule has 4 radical (unpaired) electrons. The molecule has 0 aliphatic rings. The number of rotatable bonds is 0. The van der Waals surface area contributed by atoms with Crippen molar-refractivity contribution >= 4 is 5.97 Å². The molecular weight excluding hydrogens is 125 g/mol. The molecule has 0 amide bonds. The zero-order chi connectivity index (χ0) is 6.08. The average molecular weight is 126 g/mol. The van der Waals surface area contributed by atoms with Gasteiger partial charge in [-0.3, -0.25) is 0 Å². The summed E-state index contributed by atoms with van der Waals surface area (Å²) in [5, 5.41) is 7.12. The molecule has 0 aliphatic heterocycles. The van der Waals surface area contributed by atoms with Gasteiger partial charge in [-0.2, -0.15) is 13.2 Å². The first kappa shape index (κ1) is 10.3. The largest absolute Gasteiger partial charge is 0.490 e. The van der Waals surface area contributed by atoms with E-state index < -0.39 is 12.1 Å². The molecular formula is C3HF3O2. The summed E-state index contributed by atoms with van der Waals surface area (Å²) < 4.78 is 31.7. The third kappa shape index (κ3) is 3.45. The minimum atomic E-state index is -5.08. The molecule has 5 heteroatoms. The van der Waals surface area contributed by atoms with Gasteiger partial charge in [0.1, 0.15) is 0 Å². The van der Waals surface area contributed by atoms with Gasteiger partial charge in [0, 0.05) is 7.43 Å². The summed E-state index contributed by atoms with van der Waals surface area (Å²) in [4.78, 5) is 8.90. The minimum Gasteiger partial charge on any atom is -0.475 e. The van der Waals surface area contributed by atoms with E-state index in [0.717, 1.165) is 0 Å². The monoisotopic (exact) mass is 126 g/mol. The standard InChI is InChI=1S/C2HF3O2.C/c3-2(4,5)1(6)7;/h(H,6,7);.